The van der Waals surface area contributed by atoms with Gasteiger partial charge in [0.1, 0.15) is 12.6 Å². The number of likely N-dealkylation sites (N-methyl/N-ethyl adjacent to an activating group) is 1. The van der Waals surface area contributed by atoms with Crippen molar-refractivity contribution in [2.75, 3.05) is 86.2 Å². The number of ether oxygens (including phenoxy) is 1. The molecule has 2 aliphatic heterocycles. The number of amides is 1. The molecule has 1 N–H and O–H groups in total. The highest BCUT2D eigenvalue weighted by atomic mass is 127. The van der Waals surface area contributed by atoms with E-state index in [1.54, 1.807) is 14.1 Å². The van der Waals surface area contributed by atoms with E-state index in [4.69, 9.17) is 4.74 Å². The molecule has 0 saturated carbocycles. The van der Waals surface area contributed by atoms with Gasteiger partial charge in [0.15, 0.2) is 5.96 Å². The third-order valence-electron chi connectivity index (χ3n) is 5.54. The Labute approximate surface area is 200 Å². The Bertz CT molecular complexity index is 565. The Kier molecular flexibility index (Phi) is 12.4. The second-order valence-corrected chi connectivity index (χ2v) is 7.90. The summed E-state index contributed by atoms with van der Waals surface area (Å²) in [5.41, 5.74) is 0. The van der Waals surface area contributed by atoms with Crippen LogP contribution in [0.4, 0.5) is 13.2 Å². The van der Waals surface area contributed by atoms with Gasteiger partial charge >= 0.3 is 6.18 Å². The minimum absolute atomic E-state index is 0. The largest absolute Gasteiger partial charge is 0.403 e. The van der Waals surface area contributed by atoms with Crippen LogP contribution in [0.1, 0.15) is 13.3 Å². The van der Waals surface area contributed by atoms with Crippen LogP contribution in [0.3, 0.4) is 0 Å². The molecule has 2 fully saturated rings. The van der Waals surface area contributed by atoms with Crippen molar-refractivity contribution in [1.29, 1.82) is 0 Å². The predicted octanol–water partition coefficient (Wildman–Crippen LogP) is 0.929. The number of piperazine rings is 1. The Morgan fingerprint density at radius 2 is 1.74 bits per heavy atom. The lowest BCUT2D eigenvalue weighted by Gasteiger charge is -2.39. The number of nitrogens with one attached hydrogen (secondary N) is 1. The summed E-state index contributed by atoms with van der Waals surface area (Å²) < 4.78 is 44.3. The van der Waals surface area contributed by atoms with Crippen molar-refractivity contribution < 1.29 is 22.7 Å². The minimum atomic E-state index is -4.23. The number of nitrogens with zero attached hydrogens (tertiary/aromatic N) is 5. The zero-order valence-electron chi connectivity index (χ0n) is 18.7. The van der Waals surface area contributed by atoms with Crippen LogP contribution in [0.15, 0.2) is 4.99 Å². The number of alkyl halides is 3. The molecule has 1 unspecified atom stereocenters. The van der Waals surface area contributed by atoms with Crippen LogP contribution in [-0.4, -0.2) is 130 Å². The van der Waals surface area contributed by atoms with E-state index in [0.717, 1.165) is 39.3 Å². The quantitative estimate of drug-likeness (QED) is 0.215. The smallest absolute Gasteiger partial charge is 0.379 e. The van der Waals surface area contributed by atoms with E-state index in [9.17, 15) is 18.0 Å². The number of guanidine groups is 1. The molecule has 0 radical (unpaired) electrons. The van der Waals surface area contributed by atoms with Crippen molar-refractivity contribution in [2.24, 2.45) is 4.99 Å². The van der Waals surface area contributed by atoms with Gasteiger partial charge in [-0.3, -0.25) is 14.6 Å². The number of aliphatic imine (C=N–C) groups is 1. The van der Waals surface area contributed by atoms with E-state index < -0.39 is 12.2 Å². The maximum absolute atomic E-state index is 13.0. The highest BCUT2D eigenvalue weighted by molar-refractivity contribution is 14.0. The molecule has 2 heterocycles. The van der Waals surface area contributed by atoms with Crippen molar-refractivity contribution in [3.63, 3.8) is 0 Å². The van der Waals surface area contributed by atoms with Gasteiger partial charge in [0.05, 0.1) is 13.2 Å². The fourth-order valence-electron chi connectivity index (χ4n) is 3.41. The summed E-state index contributed by atoms with van der Waals surface area (Å²) in [7, 11) is 3.34. The van der Waals surface area contributed by atoms with E-state index in [1.807, 2.05) is 4.90 Å². The minimum Gasteiger partial charge on any atom is -0.379 e. The molecule has 2 saturated heterocycles. The number of hydrogen-bond donors (Lipinski definition) is 1. The molecule has 2 rings (SSSR count). The van der Waals surface area contributed by atoms with Crippen LogP contribution in [-0.2, 0) is 9.53 Å². The summed E-state index contributed by atoms with van der Waals surface area (Å²) in [6.45, 7) is 7.69. The van der Waals surface area contributed by atoms with Crippen LogP contribution < -0.4 is 5.32 Å². The van der Waals surface area contributed by atoms with Crippen molar-refractivity contribution in [2.45, 2.75) is 25.6 Å². The predicted molar refractivity (Wildman–Crippen MR) is 125 cm³/mol. The summed E-state index contributed by atoms with van der Waals surface area (Å²) in [6.07, 6.45) is -3.32. The van der Waals surface area contributed by atoms with Crippen molar-refractivity contribution in [3.05, 3.63) is 0 Å². The van der Waals surface area contributed by atoms with Crippen molar-refractivity contribution in [1.82, 2.24) is 24.9 Å². The fourth-order valence-corrected chi connectivity index (χ4v) is 3.41. The molecule has 1 atom stereocenters. The van der Waals surface area contributed by atoms with Gasteiger partial charge in [0.25, 0.3) is 0 Å². The molecule has 2 aliphatic rings. The standard InChI is InChI=1S/C19H35F3N6O2.HI/c1-16(19(20,21)22)27-7-9-28(10-8-27)18(24-15-17(29)25(2)3)23-5-4-6-26-11-13-30-14-12-26;/h16H,4-15H2,1-3H3,(H,23,24);1H. The average molecular weight is 564 g/mol. The van der Waals surface area contributed by atoms with Gasteiger partial charge in [-0.05, 0) is 19.9 Å². The number of carbonyl (C=O) groups is 1. The first-order valence-corrected chi connectivity index (χ1v) is 10.5. The van der Waals surface area contributed by atoms with Gasteiger partial charge < -0.3 is 19.9 Å². The molecule has 182 valence electrons. The van der Waals surface area contributed by atoms with Crippen LogP contribution in [0.25, 0.3) is 0 Å². The molecule has 0 aliphatic carbocycles. The summed E-state index contributed by atoms with van der Waals surface area (Å²) >= 11 is 0. The molecule has 0 aromatic carbocycles. The second-order valence-electron chi connectivity index (χ2n) is 7.90. The third-order valence-corrected chi connectivity index (χ3v) is 5.54. The zero-order valence-corrected chi connectivity index (χ0v) is 21.0. The SMILES string of the molecule is CC(N1CCN(C(=NCC(=O)N(C)C)NCCCN2CCOCC2)CC1)C(F)(F)F.I. The van der Waals surface area contributed by atoms with E-state index in [2.05, 4.69) is 15.2 Å². The van der Waals surface area contributed by atoms with E-state index in [-0.39, 0.29) is 36.4 Å². The maximum Gasteiger partial charge on any atom is 0.403 e. The van der Waals surface area contributed by atoms with Crippen LogP contribution in [0.5, 0.6) is 0 Å². The Hall–Kier alpha value is -0.860. The summed E-state index contributed by atoms with van der Waals surface area (Å²) in [5, 5.41) is 3.30. The van der Waals surface area contributed by atoms with E-state index in [1.165, 1.54) is 16.7 Å². The maximum atomic E-state index is 13.0. The summed E-state index contributed by atoms with van der Waals surface area (Å²) in [5.74, 6) is 0.471. The normalized spacial score (nSPS) is 20.2. The first-order valence-electron chi connectivity index (χ1n) is 10.5. The van der Waals surface area contributed by atoms with Gasteiger partial charge in [0.2, 0.25) is 5.91 Å². The number of halogens is 4. The monoisotopic (exact) mass is 564 g/mol. The van der Waals surface area contributed by atoms with Gasteiger partial charge in [-0.15, -0.1) is 24.0 Å². The molecule has 8 nitrogen and oxygen atoms in total. The molecule has 0 aromatic heterocycles. The lowest BCUT2D eigenvalue weighted by atomic mass is 10.2. The van der Waals surface area contributed by atoms with Gasteiger partial charge in [0, 0.05) is 59.9 Å². The Balaban J connectivity index is 0.00000480. The number of rotatable bonds is 7. The number of hydrogen-bond acceptors (Lipinski definition) is 5. The average Bonchev–Trinajstić information content (AvgIpc) is 2.72. The third kappa shape index (κ3) is 9.66. The number of carbonyl (C=O) groups excluding carboxylic acids is 1. The van der Waals surface area contributed by atoms with Crippen LogP contribution >= 0.6 is 24.0 Å². The summed E-state index contributed by atoms with van der Waals surface area (Å²) in [4.78, 5) is 23.6. The molecule has 1 amide bonds. The topological polar surface area (TPSA) is 63.7 Å². The molecule has 0 bridgehead atoms. The first-order chi connectivity index (χ1) is 14.2. The van der Waals surface area contributed by atoms with Crippen molar-refractivity contribution >= 4 is 35.8 Å². The first kappa shape index (κ1) is 28.2. The molecule has 12 heteroatoms. The molecular weight excluding hydrogens is 528 g/mol. The summed E-state index contributed by atoms with van der Waals surface area (Å²) in [6, 6.07) is -1.46. The van der Waals surface area contributed by atoms with E-state index >= 15 is 0 Å². The van der Waals surface area contributed by atoms with Crippen LogP contribution in [0.2, 0.25) is 0 Å². The lowest BCUT2D eigenvalue weighted by molar-refractivity contribution is -0.181. The second kappa shape index (κ2) is 13.6. The highest BCUT2D eigenvalue weighted by Crippen LogP contribution is 2.25. The van der Waals surface area contributed by atoms with E-state index in [0.29, 0.717) is 38.7 Å². The Morgan fingerprint density at radius 3 is 2.29 bits per heavy atom. The molecule has 0 aromatic rings. The van der Waals surface area contributed by atoms with Crippen LogP contribution in [0, 0.1) is 0 Å². The molecular formula is C19H36F3IN6O2. The fraction of sp³-hybridized carbons (Fsp3) is 0.895. The number of morpholine rings is 1. The Morgan fingerprint density at radius 1 is 1.13 bits per heavy atom. The van der Waals surface area contributed by atoms with Gasteiger partial charge in [-0.25, -0.2) is 4.99 Å². The highest BCUT2D eigenvalue weighted by Gasteiger charge is 2.41. The van der Waals surface area contributed by atoms with Crippen molar-refractivity contribution in [3.8, 4) is 0 Å². The lowest BCUT2D eigenvalue weighted by Crippen LogP contribution is -2.57. The van der Waals surface area contributed by atoms with Gasteiger partial charge in [-0.2, -0.15) is 13.2 Å². The molecule has 31 heavy (non-hydrogen) atoms. The van der Waals surface area contributed by atoms with Gasteiger partial charge in [-0.1, -0.05) is 0 Å². The molecule has 0 spiro atoms. The zero-order chi connectivity index (χ0) is 22.1.